The SMILES string of the molecule is CC(C)c1cc2cn(CC(F)F)nc2cc1F. The van der Waals surface area contributed by atoms with Gasteiger partial charge in [-0.15, -0.1) is 0 Å². The number of halogens is 3. The van der Waals surface area contributed by atoms with Crippen molar-refractivity contribution in [3.63, 3.8) is 0 Å². The van der Waals surface area contributed by atoms with E-state index in [1.54, 1.807) is 6.07 Å². The molecule has 0 fully saturated rings. The second kappa shape index (κ2) is 4.39. The Bertz CT molecular complexity index is 532. The monoisotopic (exact) mass is 242 g/mol. The maximum atomic E-state index is 13.6. The lowest BCUT2D eigenvalue weighted by atomic mass is 10.0. The van der Waals surface area contributed by atoms with Gasteiger partial charge < -0.3 is 0 Å². The largest absolute Gasteiger partial charge is 0.266 e. The van der Waals surface area contributed by atoms with Gasteiger partial charge in [0.1, 0.15) is 12.4 Å². The van der Waals surface area contributed by atoms with Gasteiger partial charge in [-0.05, 0) is 17.5 Å². The van der Waals surface area contributed by atoms with Crippen molar-refractivity contribution in [3.8, 4) is 0 Å². The Hall–Kier alpha value is -1.52. The first-order valence-corrected chi connectivity index (χ1v) is 5.42. The maximum absolute atomic E-state index is 13.6. The van der Waals surface area contributed by atoms with Crippen LogP contribution >= 0.6 is 0 Å². The minimum absolute atomic E-state index is 0.0536. The summed E-state index contributed by atoms with van der Waals surface area (Å²) in [5.74, 6) is -0.285. The van der Waals surface area contributed by atoms with E-state index in [2.05, 4.69) is 5.10 Å². The summed E-state index contributed by atoms with van der Waals surface area (Å²) in [4.78, 5) is 0. The second-order valence-electron chi connectivity index (χ2n) is 4.33. The van der Waals surface area contributed by atoms with Gasteiger partial charge in [-0.3, -0.25) is 4.68 Å². The predicted molar refractivity (Wildman–Crippen MR) is 59.8 cm³/mol. The molecule has 2 aromatic rings. The van der Waals surface area contributed by atoms with Crippen molar-refractivity contribution < 1.29 is 13.2 Å². The van der Waals surface area contributed by atoms with Crippen LogP contribution < -0.4 is 0 Å². The van der Waals surface area contributed by atoms with Gasteiger partial charge in [-0.2, -0.15) is 5.10 Å². The maximum Gasteiger partial charge on any atom is 0.257 e. The Labute approximate surface area is 97.0 Å². The molecule has 1 aromatic heterocycles. The van der Waals surface area contributed by atoms with E-state index in [1.165, 1.54) is 12.3 Å². The molecule has 1 heterocycles. The van der Waals surface area contributed by atoms with Crippen molar-refractivity contribution in [2.75, 3.05) is 0 Å². The molecular formula is C12H13F3N2. The van der Waals surface area contributed by atoms with Crippen LogP contribution in [0.15, 0.2) is 18.3 Å². The molecule has 0 radical (unpaired) electrons. The number of fused-ring (bicyclic) bond motifs is 1. The number of benzene rings is 1. The molecule has 0 atom stereocenters. The van der Waals surface area contributed by atoms with Crippen LogP contribution in [0.4, 0.5) is 13.2 Å². The third kappa shape index (κ3) is 2.43. The fourth-order valence-corrected chi connectivity index (χ4v) is 1.79. The predicted octanol–water partition coefficient (Wildman–Crippen LogP) is 3.56. The van der Waals surface area contributed by atoms with Crippen molar-refractivity contribution in [1.82, 2.24) is 9.78 Å². The van der Waals surface area contributed by atoms with Crippen LogP contribution in [0.1, 0.15) is 25.3 Å². The van der Waals surface area contributed by atoms with Gasteiger partial charge >= 0.3 is 0 Å². The summed E-state index contributed by atoms with van der Waals surface area (Å²) < 4.78 is 39.2. The molecule has 2 nitrogen and oxygen atoms in total. The summed E-state index contributed by atoms with van der Waals surface area (Å²) in [6, 6.07) is 2.97. The highest BCUT2D eigenvalue weighted by Gasteiger charge is 2.12. The topological polar surface area (TPSA) is 17.8 Å². The lowest BCUT2D eigenvalue weighted by Crippen LogP contribution is -2.06. The highest BCUT2D eigenvalue weighted by molar-refractivity contribution is 5.79. The Morgan fingerprint density at radius 3 is 2.59 bits per heavy atom. The highest BCUT2D eigenvalue weighted by atomic mass is 19.3. The molecule has 0 aliphatic rings. The molecule has 0 unspecified atom stereocenters. The van der Waals surface area contributed by atoms with E-state index < -0.39 is 13.0 Å². The number of hydrogen-bond acceptors (Lipinski definition) is 1. The zero-order chi connectivity index (χ0) is 12.6. The van der Waals surface area contributed by atoms with Crippen LogP contribution in [-0.2, 0) is 6.54 Å². The van der Waals surface area contributed by atoms with E-state index in [4.69, 9.17) is 0 Å². The fraction of sp³-hybridized carbons (Fsp3) is 0.417. The molecule has 0 saturated carbocycles. The van der Waals surface area contributed by atoms with Crippen LogP contribution in [0.3, 0.4) is 0 Å². The van der Waals surface area contributed by atoms with Gasteiger partial charge in [-0.25, -0.2) is 13.2 Å². The minimum Gasteiger partial charge on any atom is -0.266 e. The summed E-state index contributed by atoms with van der Waals surface area (Å²) in [6.07, 6.45) is -0.939. The molecule has 92 valence electrons. The normalized spacial score (nSPS) is 11.9. The summed E-state index contributed by atoms with van der Waals surface area (Å²) in [7, 11) is 0. The molecule has 2 rings (SSSR count). The van der Waals surface area contributed by atoms with Crippen LogP contribution in [0, 0.1) is 5.82 Å². The van der Waals surface area contributed by atoms with E-state index in [0.717, 1.165) is 4.68 Å². The molecular weight excluding hydrogens is 229 g/mol. The smallest absolute Gasteiger partial charge is 0.257 e. The fourth-order valence-electron chi connectivity index (χ4n) is 1.79. The number of nitrogens with zero attached hydrogens (tertiary/aromatic N) is 2. The zero-order valence-corrected chi connectivity index (χ0v) is 9.62. The first kappa shape index (κ1) is 12.0. The van der Waals surface area contributed by atoms with Crippen LogP contribution in [-0.4, -0.2) is 16.2 Å². The molecule has 0 saturated heterocycles. The number of alkyl halides is 2. The molecule has 0 aliphatic heterocycles. The summed E-state index contributed by atoms with van der Waals surface area (Å²) >= 11 is 0. The molecule has 0 spiro atoms. The average molecular weight is 242 g/mol. The second-order valence-corrected chi connectivity index (χ2v) is 4.33. The minimum atomic E-state index is -2.46. The van der Waals surface area contributed by atoms with Gasteiger partial charge in [0, 0.05) is 17.6 Å². The van der Waals surface area contributed by atoms with Crippen molar-refractivity contribution in [3.05, 3.63) is 29.7 Å². The standard InChI is InChI=1S/C12H13F3N2/c1-7(2)9-3-8-5-17(6-12(14)15)16-11(8)4-10(9)13/h3-5,7,12H,6H2,1-2H3. The Morgan fingerprint density at radius 2 is 2.00 bits per heavy atom. The van der Waals surface area contributed by atoms with Crippen LogP contribution in [0.2, 0.25) is 0 Å². The lowest BCUT2D eigenvalue weighted by molar-refractivity contribution is 0.122. The van der Waals surface area contributed by atoms with Gasteiger partial charge in [0.25, 0.3) is 6.43 Å². The first-order chi connectivity index (χ1) is 7.97. The molecule has 0 amide bonds. The van der Waals surface area contributed by atoms with E-state index in [0.29, 0.717) is 16.5 Å². The molecule has 0 N–H and O–H groups in total. The zero-order valence-electron chi connectivity index (χ0n) is 9.62. The van der Waals surface area contributed by atoms with E-state index in [1.807, 2.05) is 13.8 Å². The molecule has 17 heavy (non-hydrogen) atoms. The number of aromatic nitrogens is 2. The number of rotatable bonds is 3. The summed E-state index contributed by atoms with van der Waals surface area (Å²) in [5.41, 5.74) is 0.988. The van der Waals surface area contributed by atoms with Crippen molar-refractivity contribution >= 4 is 10.9 Å². The van der Waals surface area contributed by atoms with Gasteiger partial charge in [-0.1, -0.05) is 13.8 Å². The summed E-state index contributed by atoms with van der Waals surface area (Å²) in [6.45, 7) is 3.30. The van der Waals surface area contributed by atoms with E-state index in [-0.39, 0.29) is 11.7 Å². The Balaban J connectivity index is 2.47. The first-order valence-electron chi connectivity index (χ1n) is 5.42. The molecule has 0 bridgehead atoms. The lowest BCUT2D eigenvalue weighted by Gasteiger charge is -2.05. The van der Waals surface area contributed by atoms with Crippen molar-refractivity contribution in [2.45, 2.75) is 32.7 Å². The molecule has 1 aromatic carbocycles. The summed E-state index contributed by atoms with van der Waals surface area (Å²) in [5, 5.41) is 4.60. The van der Waals surface area contributed by atoms with E-state index in [9.17, 15) is 13.2 Å². The third-order valence-electron chi connectivity index (χ3n) is 2.62. The van der Waals surface area contributed by atoms with Crippen molar-refractivity contribution in [1.29, 1.82) is 0 Å². The van der Waals surface area contributed by atoms with E-state index >= 15 is 0 Å². The van der Waals surface area contributed by atoms with Gasteiger partial charge in [0.05, 0.1) is 5.52 Å². The highest BCUT2D eigenvalue weighted by Crippen LogP contribution is 2.24. The van der Waals surface area contributed by atoms with Crippen molar-refractivity contribution in [2.24, 2.45) is 0 Å². The van der Waals surface area contributed by atoms with Crippen LogP contribution in [0.25, 0.3) is 10.9 Å². The molecule has 5 heteroatoms. The van der Waals surface area contributed by atoms with Crippen LogP contribution in [0.5, 0.6) is 0 Å². The quantitative estimate of drug-likeness (QED) is 0.804. The Kier molecular flexibility index (Phi) is 3.09. The molecule has 0 aliphatic carbocycles. The number of hydrogen-bond donors (Lipinski definition) is 0. The van der Waals surface area contributed by atoms with Gasteiger partial charge in [0.15, 0.2) is 0 Å². The Morgan fingerprint density at radius 1 is 1.29 bits per heavy atom. The third-order valence-corrected chi connectivity index (χ3v) is 2.62. The average Bonchev–Trinajstić information content (AvgIpc) is 2.56. The van der Waals surface area contributed by atoms with Gasteiger partial charge in [0.2, 0.25) is 0 Å².